The number of halogens is 1. The zero-order valence-corrected chi connectivity index (χ0v) is 16.6. The molecule has 3 aromatic rings. The highest BCUT2D eigenvalue weighted by Gasteiger charge is 2.19. The van der Waals surface area contributed by atoms with Crippen LogP contribution in [0.1, 0.15) is 32.2 Å². The predicted molar refractivity (Wildman–Crippen MR) is 104 cm³/mol. The fraction of sp³-hybridized carbons (Fsp3) is 0.350. The summed E-state index contributed by atoms with van der Waals surface area (Å²) in [7, 11) is 1.58. The monoisotopic (exact) mass is 388 g/mol. The van der Waals surface area contributed by atoms with Crippen LogP contribution < -0.4 is 5.56 Å². The van der Waals surface area contributed by atoms with Crippen molar-refractivity contribution in [2.24, 2.45) is 0 Å². The highest BCUT2D eigenvalue weighted by Crippen LogP contribution is 2.26. The molecule has 0 amide bonds. The molecular formula is C20H21FN2O3S. The van der Waals surface area contributed by atoms with Crippen LogP contribution in [0.3, 0.4) is 0 Å². The maximum atomic E-state index is 13.5. The van der Waals surface area contributed by atoms with Gasteiger partial charge in [0.15, 0.2) is 5.78 Å². The van der Waals surface area contributed by atoms with Crippen LogP contribution in [0.5, 0.6) is 0 Å². The van der Waals surface area contributed by atoms with E-state index in [1.54, 1.807) is 14.0 Å². The first kappa shape index (κ1) is 19.4. The van der Waals surface area contributed by atoms with Gasteiger partial charge in [-0.15, -0.1) is 11.3 Å². The molecule has 27 heavy (non-hydrogen) atoms. The Morgan fingerprint density at radius 3 is 2.70 bits per heavy atom. The molecule has 0 fully saturated rings. The summed E-state index contributed by atoms with van der Waals surface area (Å²) < 4.78 is 20.0. The van der Waals surface area contributed by atoms with E-state index in [2.05, 4.69) is 4.98 Å². The van der Waals surface area contributed by atoms with E-state index in [0.29, 0.717) is 40.2 Å². The minimum Gasteiger partial charge on any atom is -0.384 e. The highest BCUT2D eigenvalue weighted by molar-refractivity contribution is 7.18. The van der Waals surface area contributed by atoms with E-state index in [1.807, 2.05) is 13.8 Å². The number of thiophene rings is 1. The second-order valence-corrected chi connectivity index (χ2v) is 7.72. The molecule has 0 saturated carbocycles. The number of aromatic nitrogens is 2. The smallest absolute Gasteiger partial charge is 0.262 e. The van der Waals surface area contributed by atoms with Crippen LogP contribution >= 0.6 is 11.3 Å². The Morgan fingerprint density at radius 1 is 1.30 bits per heavy atom. The predicted octanol–water partition coefficient (Wildman–Crippen LogP) is 3.59. The maximum absolute atomic E-state index is 13.5. The van der Waals surface area contributed by atoms with Crippen molar-refractivity contribution in [1.82, 2.24) is 9.55 Å². The van der Waals surface area contributed by atoms with Crippen molar-refractivity contribution in [3.8, 4) is 0 Å². The van der Waals surface area contributed by atoms with Gasteiger partial charge >= 0.3 is 0 Å². The van der Waals surface area contributed by atoms with Gasteiger partial charge in [-0.05, 0) is 50.1 Å². The number of hydrogen-bond donors (Lipinski definition) is 0. The number of ketones is 1. The molecule has 5 nitrogen and oxygen atoms in total. The molecule has 0 aliphatic rings. The number of rotatable bonds is 6. The molecule has 7 heteroatoms. The molecule has 0 spiro atoms. The summed E-state index contributed by atoms with van der Waals surface area (Å²) in [5, 5.41) is 0.557. The number of methoxy groups -OCH3 is 1. The van der Waals surface area contributed by atoms with Crippen molar-refractivity contribution in [2.75, 3.05) is 13.7 Å². The summed E-state index contributed by atoms with van der Waals surface area (Å²) in [5.74, 6) is -0.107. The molecule has 0 saturated heterocycles. The molecule has 0 aliphatic heterocycles. The Balaban J connectivity index is 2.08. The summed E-state index contributed by atoms with van der Waals surface area (Å²) in [6.45, 7) is 5.70. The molecule has 0 unspecified atom stereocenters. The lowest BCUT2D eigenvalue weighted by molar-refractivity contribution is 0.0968. The van der Waals surface area contributed by atoms with Crippen LogP contribution in [-0.2, 0) is 17.7 Å². The van der Waals surface area contributed by atoms with Crippen molar-refractivity contribution in [2.45, 2.75) is 33.7 Å². The Kier molecular flexibility index (Phi) is 5.53. The summed E-state index contributed by atoms with van der Waals surface area (Å²) in [6, 6.07) is 4.21. The third-order valence-corrected chi connectivity index (χ3v) is 5.78. The number of nitrogens with zero attached hydrogens (tertiary/aromatic N) is 2. The molecule has 2 aromatic heterocycles. The number of aryl methyl sites for hydroxylation is 3. The summed E-state index contributed by atoms with van der Waals surface area (Å²) >= 11 is 1.48. The lowest BCUT2D eigenvalue weighted by Gasteiger charge is -2.12. The van der Waals surface area contributed by atoms with Gasteiger partial charge in [0, 0.05) is 24.0 Å². The fourth-order valence-corrected chi connectivity index (χ4v) is 4.01. The van der Waals surface area contributed by atoms with Crippen molar-refractivity contribution in [3.05, 3.63) is 61.8 Å². The zero-order chi connectivity index (χ0) is 19.7. The number of benzene rings is 1. The largest absolute Gasteiger partial charge is 0.384 e. The molecule has 0 bridgehead atoms. The van der Waals surface area contributed by atoms with E-state index in [0.717, 1.165) is 10.4 Å². The molecule has 142 valence electrons. The van der Waals surface area contributed by atoms with Crippen molar-refractivity contribution in [1.29, 1.82) is 0 Å². The van der Waals surface area contributed by atoms with Crippen LogP contribution in [-0.4, -0.2) is 29.1 Å². The van der Waals surface area contributed by atoms with E-state index >= 15 is 0 Å². The average molecular weight is 388 g/mol. The number of ether oxygens (including phenoxy) is 1. The van der Waals surface area contributed by atoms with Crippen molar-refractivity contribution >= 4 is 27.3 Å². The lowest BCUT2D eigenvalue weighted by atomic mass is 10.1. The van der Waals surface area contributed by atoms with Gasteiger partial charge in [-0.25, -0.2) is 9.37 Å². The van der Waals surface area contributed by atoms with E-state index in [-0.39, 0.29) is 23.7 Å². The van der Waals surface area contributed by atoms with Gasteiger partial charge < -0.3 is 4.74 Å². The molecule has 0 aliphatic carbocycles. The van der Waals surface area contributed by atoms with Gasteiger partial charge in [0.05, 0.1) is 18.5 Å². The van der Waals surface area contributed by atoms with Gasteiger partial charge in [0.2, 0.25) is 0 Å². The quantitative estimate of drug-likeness (QED) is 0.606. The zero-order valence-electron chi connectivity index (χ0n) is 15.8. The first-order chi connectivity index (χ1) is 12.8. The summed E-state index contributed by atoms with van der Waals surface area (Å²) in [6.07, 6.45) is 0.424. The Morgan fingerprint density at radius 2 is 2.04 bits per heavy atom. The topological polar surface area (TPSA) is 61.2 Å². The average Bonchev–Trinajstić information content (AvgIpc) is 2.92. The molecule has 0 N–H and O–H groups in total. The highest BCUT2D eigenvalue weighted by atomic mass is 32.1. The van der Waals surface area contributed by atoms with Gasteiger partial charge in [0.1, 0.15) is 16.5 Å². The summed E-state index contributed by atoms with van der Waals surface area (Å²) in [4.78, 5) is 32.2. The van der Waals surface area contributed by atoms with Crippen LogP contribution in [0.4, 0.5) is 4.39 Å². The number of carbonyl (C=O) groups is 1. The van der Waals surface area contributed by atoms with Crippen LogP contribution in [0, 0.1) is 26.6 Å². The van der Waals surface area contributed by atoms with E-state index in [9.17, 15) is 14.0 Å². The molecule has 0 radical (unpaired) electrons. The maximum Gasteiger partial charge on any atom is 0.262 e. The van der Waals surface area contributed by atoms with E-state index < -0.39 is 0 Å². The first-order valence-corrected chi connectivity index (χ1v) is 9.42. The Labute approximate surface area is 160 Å². The first-order valence-electron chi connectivity index (χ1n) is 8.61. The van der Waals surface area contributed by atoms with Crippen LogP contribution in [0.15, 0.2) is 23.0 Å². The number of hydrogen-bond acceptors (Lipinski definition) is 5. The number of fused-ring (bicyclic) bond motifs is 1. The van der Waals surface area contributed by atoms with Gasteiger partial charge in [-0.3, -0.25) is 14.2 Å². The third kappa shape index (κ3) is 3.70. The standard InChI is InChI=1S/C20H21FN2O3S/c1-11-9-14(5-6-15(11)21)16(24)10-23-17(7-8-26-4)22-19-18(20(23)25)12(2)13(3)27-19/h5-6,9H,7-8,10H2,1-4H3. The molecule has 1 aromatic carbocycles. The van der Waals surface area contributed by atoms with E-state index in [4.69, 9.17) is 4.74 Å². The molecular weight excluding hydrogens is 367 g/mol. The second kappa shape index (κ2) is 7.70. The Hall–Kier alpha value is -2.38. The van der Waals surface area contributed by atoms with Gasteiger partial charge in [0.25, 0.3) is 5.56 Å². The van der Waals surface area contributed by atoms with Gasteiger partial charge in [-0.1, -0.05) is 0 Å². The van der Waals surface area contributed by atoms with Gasteiger partial charge in [-0.2, -0.15) is 0 Å². The SMILES string of the molecule is COCCc1nc2sc(C)c(C)c2c(=O)n1CC(=O)c1ccc(F)c(C)c1. The lowest BCUT2D eigenvalue weighted by Crippen LogP contribution is -2.29. The summed E-state index contributed by atoms with van der Waals surface area (Å²) in [5.41, 5.74) is 1.44. The van der Waals surface area contributed by atoms with Crippen molar-refractivity contribution in [3.63, 3.8) is 0 Å². The molecule has 3 rings (SSSR count). The van der Waals surface area contributed by atoms with Crippen LogP contribution in [0.25, 0.3) is 10.2 Å². The Bertz CT molecular complexity index is 1090. The normalized spacial score (nSPS) is 11.3. The fourth-order valence-electron chi connectivity index (χ4n) is 2.97. The second-order valence-electron chi connectivity index (χ2n) is 6.51. The third-order valence-electron chi connectivity index (χ3n) is 4.68. The van der Waals surface area contributed by atoms with Crippen molar-refractivity contribution < 1.29 is 13.9 Å². The minimum absolute atomic E-state index is 0.139. The van der Waals surface area contributed by atoms with E-state index in [1.165, 1.54) is 34.1 Å². The number of Topliss-reactive ketones (excluding diaryl/α,β-unsaturated/α-hetero) is 1. The minimum atomic E-state index is -0.364. The number of carbonyl (C=O) groups excluding carboxylic acids is 1. The molecule has 0 atom stereocenters. The molecule has 2 heterocycles. The van der Waals surface area contributed by atoms with Crippen LogP contribution in [0.2, 0.25) is 0 Å².